The third kappa shape index (κ3) is 3.40. The Morgan fingerprint density at radius 1 is 1.37 bits per heavy atom. The zero-order chi connectivity index (χ0) is 13.8. The van der Waals surface area contributed by atoms with E-state index in [0.717, 1.165) is 11.1 Å². The van der Waals surface area contributed by atoms with E-state index in [0.29, 0.717) is 24.6 Å². The SMILES string of the molecule is Cc1ccc(-c2noc(CCCC(=O)O)n2)c(C)c1. The van der Waals surface area contributed by atoms with Crippen molar-refractivity contribution >= 4 is 5.97 Å². The van der Waals surface area contributed by atoms with E-state index in [-0.39, 0.29) is 6.42 Å². The van der Waals surface area contributed by atoms with E-state index >= 15 is 0 Å². The van der Waals surface area contributed by atoms with Gasteiger partial charge in [0.1, 0.15) is 0 Å². The zero-order valence-corrected chi connectivity index (χ0v) is 11.0. The number of carbonyl (C=O) groups is 1. The summed E-state index contributed by atoms with van der Waals surface area (Å²) >= 11 is 0. The molecule has 0 aliphatic rings. The fourth-order valence-electron chi connectivity index (χ4n) is 1.92. The van der Waals surface area contributed by atoms with Gasteiger partial charge < -0.3 is 9.63 Å². The van der Waals surface area contributed by atoms with Crippen LogP contribution in [-0.2, 0) is 11.2 Å². The van der Waals surface area contributed by atoms with E-state index in [1.165, 1.54) is 5.56 Å². The number of aryl methyl sites for hydroxylation is 3. The van der Waals surface area contributed by atoms with Crippen LogP contribution in [0.3, 0.4) is 0 Å². The van der Waals surface area contributed by atoms with Crippen molar-refractivity contribution in [2.45, 2.75) is 33.1 Å². The maximum absolute atomic E-state index is 10.4. The van der Waals surface area contributed by atoms with Gasteiger partial charge in [-0.25, -0.2) is 0 Å². The van der Waals surface area contributed by atoms with Gasteiger partial charge in [-0.05, 0) is 25.8 Å². The normalized spacial score (nSPS) is 10.6. The number of hydrogen-bond acceptors (Lipinski definition) is 4. The first kappa shape index (κ1) is 13.3. The predicted octanol–water partition coefficient (Wildman–Crippen LogP) is 2.76. The molecule has 0 amide bonds. The lowest BCUT2D eigenvalue weighted by molar-refractivity contribution is -0.137. The summed E-state index contributed by atoms with van der Waals surface area (Å²) in [5.41, 5.74) is 3.23. The van der Waals surface area contributed by atoms with Crippen LogP contribution in [0.5, 0.6) is 0 Å². The molecule has 1 aromatic carbocycles. The lowest BCUT2D eigenvalue weighted by atomic mass is 10.1. The molecule has 1 aromatic heterocycles. The van der Waals surface area contributed by atoms with E-state index in [1.54, 1.807) is 0 Å². The molecule has 100 valence electrons. The number of aromatic nitrogens is 2. The van der Waals surface area contributed by atoms with Gasteiger partial charge in [-0.1, -0.05) is 28.9 Å². The smallest absolute Gasteiger partial charge is 0.303 e. The molecule has 0 radical (unpaired) electrons. The Hall–Kier alpha value is -2.17. The summed E-state index contributed by atoms with van der Waals surface area (Å²) in [5, 5.41) is 12.5. The fraction of sp³-hybridized carbons (Fsp3) is 0.357. The van der Waals surface area contributed by atoms with Gasteiger partial charge >= 0.3 is 5.97 Å². The second-order valence-corrected chi connectivity index (χ2v) is 4.58. The summed E-state index contributed by atoms with van der Waals surface area (Å²) in [7, 11) is 0. The van der Waals surface area contributed by atoms with Gasteiger partial charge in [-0.3, -0.25) is 4.79 Å². The Kier molecular flexibility index (Phi) is 3.94. The Labute approximate surface area is 111 Å². The number of aliphatic carboxylic acids is 1. The number of carboxylic acid groups (broad SMARTS) is 1. The minimum Gasteiger partial charge on any atom is -0.481 e. The molecule has 19 heavy (non-hydrogen) atoms. The van der Waals surface area contributed by atoms with E-state index in [1.807, 2.05) is 26.0 Å². The van der Waals surface area contributed by atoms with E-state index in [4.69, 9.17) is 9.63 Å². The van der Waals surface area contributed by atoms with Crippen LogP contribution in [0.25, 0.3) is 11.4 Å². The molecule has 1 heterocycles. The highest BCUT2D eigenvalue weighted by Gasteiger charge is 2.11. The molecule has 1 N–H and O–H groups in total. The molecular formula is C14H16N2O3. The van der Waals surface area contributed by atoms with E-state index in [2.05, 4.69) is 16.2 Å². The summed E-state index contributed by atoms with van der Waals surface area (Å²) in [5.74, 6) is 0.230. The van der Waals surface area contributed by atoms with Crippen molar-refractivity contribution in [3.05, 3.63) is 35.2 Å². The molecule has 5 nitrogen and oxygen atoms in total. The molecule has 0 bridgehead atoms. The largest absolute Gasteiger partial charge is 0.481 e. The number of hydrogen-bond donors (Lipinski definition) is 1. The summed E-state index contributed by atoms with van der Waals surface area (Å²) < 4.78 is 5.13. The van der Waals surface area contributed by atoms with Gasteiger partial charge in [0.05, 0.1) is 0 Å². The predicted molar refractivity (Wildman–Crippen MR) is 69.8 cm³/mol. The molecule has 2 rings (SSSR count). The van der Waals surface area contributed by atoms with Crippen molar-refractivity contribution in [3.63, 3.8) is 0 Å². The first-order valence-electron chi connectivity index (χ1n) is 6.18. The molecule has 0 spiro atoms. The molecule has 0 saturated carbocycles. The number of rotatable bonds is 5. The van der Waals surface area contributed by atoms with Crippen LogP contribution in [0.4, 0.5) is 0 Å². The number of nitrogens with zero attached hydrogens (tertiary/aromatic N) is 2. The molecule has 0 aliphatic heterocycles. The van der Waals surface area contributed by atoms with Crippen LogP contribution in [0, 0.1) is 13.8 Å². The maximum atomic E-state index is 10.4. The van der Waals surface area contributed by atoms with E-state index < -0.39 is 5.97 Å². The van der Waals surface area contributed by atoms with E-state index in [9.17, 15) is 4.79 Å². The summed E-state index contributed by atoms with van der Waals surface area (Å²) in [6.07, 6.45) is 1.11. The maximum Gasteiger partial charge on any atom is 0.303 e. The van der Waals surface area contributed by atoms with Crippen LogP contribution in [-0.4, -0.2) is 21.2 Å². The molecule has 0 aliphatic carbocycles. The lowest BCUT2D eigenvalue weighted by Gasteiger charge is -2.01. The summed E-state index contributed by atoms with van der Waals surface area (Å²) in [4.78, 5) is 14.7. The second-order valence-electron chi connectivity index (χ2n) is 4.58. The third-order valence-corrected chi connectivity index (χ3v) is 2.87. The Morgan fingerprint density at radius 2 is 2.16 bits per heavy atom. The van der Waals surface area contributed by atoms with Crippen LogP contribution < -0.4 is 0 Å². The topological polar surface area (TPSA) is 76.2 Å². The molecule has 5 heteroatoms. The van der Waals surface area contributed by atoms with Crippen molar-refractivity contribution < 1.29 is 14.4 Å². The molecular weight excluding hydrogens is 244 g/mol. The molecule has 2 aromatic rings. The van der Waals surface area contributed by atoms with Crippen LogP contribution in [0.1, 0.15) is 29.9 Å². The monoisotopic (exact) mass is 260 g/mol. The lowest BCUT2D eigenvalue weighted by Crippen LogP contribution is -1.96. The van der Waals surface area contributed by atoms with Crippen LogP contribution in [0.15, 0.2) is 22.7 Å². The fourth-order valence-corrected chi connectivity index (χ4v) is 1.92. The van der Waals surface area contributed by atoms with Crippen LogP contribution >= 0.6 is 0 Å². The highest BCUT2D eigenvalue weighted by Crippen LogP contribution is 2.21. The Balaban J connectivity index is 2.10. The second kappa shape index (κ2) is 5.65. The first-order chi connectivity index (χ1) is 9.06. The van der Waals surface area contributed by atoms with Gasteiger partial charge in [-0.2, -0.15) is 4.98 Å². The van der Waals surface area contributed by atoms with Gasteiger partial charge in [0.25, 0.3) is 0 Å². The molecule has 0 unspecified atom stereocenters. The minimum absolute atomic E-state index is 0.112. The van der Waals surface area contributed by atoms with Crippen molar-refractivity contribution in [2.24, 2.45) is 0 Å². The van der Waals surface area contributed by atoms with Gasteiger partial charge in [0.15, 0.2) is 0 Å². The average Bonchev–Trinajstić information content (AvgIpc) is 2.77. The van der Waals surface area contributed by atoms with Gasteiger partial charge in [0.2, 0.25) is 11.7 Å². The van der Waals surface area contributed by atoms with Crippen molar-refractivity contribution in [2.75, 3.05) is 0 Å². The molecule has 0 saturated heterocycles. The number of benzene rings is 1. The van der Waals surface area contributed by atoms with Crippen molar-refractivity contribution in [3.8, 4) is 11.4 Å². The zero-order valence-electron chi connectivity index (χ0n) is 11.0. The van der Waals surface area contributed by atoms with Gasteiger partial charge in [-0.15, -0.1) is 0 Å². The highest BCUT2D eigenvalue weighted by molar-refractivity contribution is 5.66. The molecule has 0 atom stereocenters. The Bertz CT molecular complexity index is 590. The van der Waals surface area contributed by atoms with Gasteiger partial charge in [0, 0.05) is 18.4 Å². The minimum atomic E-state index is -0.811. The standard InChI is InChI=1S/C14H16N2O3/c1-9-6-7-11(10(2)8-9)14-15-12(19-16-14)4-3-5-13(17)18/h6-8H,3-5H2,1-2H3,(H,17,18). The average molecular weight is 260 g/mol. The van der Waals surface area contributed by atoms with Crippen molar-refractivity contribution in [1.29, 1.82) is 0 Å². The number of carboxylic acids is 1. The Morgan fingerprint density at radius 3 is 2.84 bits per heavy atom. The van der Waals surface area contributed by atoms with Crippen molar-refractivity contribution in [1.82, 2.24) is 10.1 Å². The summed E-state index contributed by atoms with van der Waals surface area (Å²) in [6, 6.07) is 6.04. The van der Waals surface area contributed by atoms with Crippen LogP contribution in [0.2, 0.25) is 0 Å². The molecule has 0 fully saturated rings. The highest BCUT2D eigenvalue weighted by atomic mass is 16.5. The quantitative estimate of drug-likeness (QED) is 0.894. The third-order valence-electron chi connectivity index (χ3n) is 2.87. The first-order valence-corrected chi connectivity index (χ1v) is 6.18. The summed E-state index contributed by atoms with van der Waals surface area (Å²) in [6.45, 7) is 4.03.